The van der Waals surface area contributed by atoms with Crippen LogP contribution in [0.2, 0.25) is 0 Å². The van der Waals surface area contributed by atoms with Gasteiger partial charge in [0.05, 0.1) is 12.6 Å². The van der Waals surface area contributed by atoms with E-state index >= 15 is 0 Å². The Labute approximate surface area is 67.2 Å². The van der Waals surface area contributed by atoms with Gasteiger partial charge in [-0.3, -0.25) is 0 Å². The van der Waals surface area contributed by atoms with Crippen molar-refractivity contribution in [2.45, 2.75) is 18.8 Å². The monoisotopic (exact) mass is 184 g/mol. The molecule has 0 saturated heterocycles. The molecule has 12 heavy (non-hydrogen) atoms. The van der Waals surface area contributed by atoms with Crippen LogP contribution in [0.15, 0.2) is 0 Å². The first kappa shape index (κ1) is 11.2. The maximum atomic E-state index is 12.1. The minimum Gasteiger partial charge on any atom is -0.310 e. The second-order valence-electron chi connectivity index (χ2n) is 2.15. The summed E-state index contributed by atoms with van der Waals surface area (Å²) >= 11 is 0. The number of nitrogens with one attached hydrogen (secondary N) is 1. The highest BCUT2D eigenvalue weighted by molar-refractivity contribution is 4.75. The molecule has 0 fully saturated rings. The molecule has 0 bridgehead atoms. The average Bonchev–Trinajstić information content (AvgIpc) is 1.98. The van der Waals surface area contributed by atoms with Crippen molar-refractivity contribution in [2.24, 2.45) is 0 Å². The molecule has 0 atom stereocenters. The summed E-state index contributed by atoms with van der Waals surface area (Å²) < 4.78 is 47.1. The van der Waals surface area contributed by atoms with E-state index in [1.807, 2.05) is 0 Å². The van der Waals surface area contributed by atoms with E-state index in [-0.39, 0.29) is 13.0 Å². The van der Waals surface area contributed by atoms with Gasteiger partial charge in [0, 0.05) is 13.0 Å². The molecule has 0 heterocycles. The van der Waals surface area contributed by atoms with Crippen LogP contribution >= 0.6 is 0 Å². The number of hydrogen-bond donors (Lipinski definition) is 1. The van der Waals surface area contributed by atoms with Crippen LogP contribution in [0, 0.1) is 11.3 Å². The van der Waals surface area contributed by atoms with Crippen LogP contribution in [-0.4, -0.2) is 25.4 Å². The van der Waals surface area contributed by atoms with Crippen LogP contribution in [0.3, 0.4) is 0 Å². The molecule has 1 N–H and O–H groups in total. The van der Waals surface area contributed by atoms with Gasteiger partial charge in [0.2, 0.25) is 0 Å². The number of rotatable bonds is 5. The van der Waals surface area contributed by atoms with Crippen molar-refractivity contribution >= 4 is 0 Å². The lowest BCUT2D eigenvalue weighted by molar-refractivity contribution is -0.125. The molecule has 0 aromatic carbocycles. The molecule has 70 valence electrons. The van der Waals surface area contributed by atoms with Crippen LogP contribution in [0.1, 0.15) is 6.42 Å². The fourth-order valence-electron chi connectivity index (χ4n) is 0.476. The molecular formula is C6H8F4N2. The molecule has 0 aromatic rings. The minimum absolute atomic E-state index is 0.00118. The fourth-order valence-corrected chi connectivity index (χ4v) is 0.476. The Balaban J connectivity index is 3.56. The van der Waals surface area contributed by atoms with Gasteiger partial charge >= 0.3 is 12.3 Å². The lowest BCUT2D eigenvalue weighted by Gasteiger charge is -2.14. The number of nitriles is 1. The number of alkyl halides is 4. The summed E-state index contributed by atoms with van der Waals surface area (Å²) in [5.74, 6) is -4.00. The predicted molar refractivity (Wildman–Crippen MR) is 34.1 cm³/mol. The van der Waals surface area contributed by atoms with E-state index in [9.17, 15) is 17.6 Å². The summed E-state index contributed by atoms with van der Waals surface area (Å²) in [6, 6.07) is 1.69. The van der Waals surface area contributed by atoms with Crippen LogP contribution in [0.5, 0.6) is 0 Å². The van der Waals surface area contributed by atoms with Crippen molar-refractivity contribution in [1.29, 1.82) is 5.26 Å². The Kier molecular flexibility index (Phi) is 4.59. The van der Waals surface area contributed by atoms with Crippen LogP contribution in [0.4, 0.5) is 17.6 Å². The third-order valence-corrected chi connectivity index (χ3v) is 1.09. The maximum absolute atomic E-state index is 12.1. The van der Waals surface area contributed by atoms with E-state index in [4.69, 9.17) is 5.26 Å². The van der Waals surface area contributed by atoms with Gasteiger partial charge in [-0.2, -0.15) is 14.0 Å². The SMILES string of the molecule is N#CCCNCC(F)(F)C(F)F. The average molecular weight is 184 g/mol. The summed E-state index contributed by atoms with van der Waals surface area (Å²) in [7, 11) is 0. The van der Waals surface area contributed by atoms with Gasteiger partial charge < -0.3 is 5.32 Å². The van der Waals surface area contributed by atoms with Gasteiger partial charge in [-0.05, 0) is 0 Å². The fraction of sp³-hybridized carbons (Fsp3) is 0.833. The second kappa shape index (κ2) is 4.93. The van der Waals surface area contributed by atoms with E-state index in [0.29, 0.717) is 0 Å². The predicted octanol–water partition coefficient (Wildman–Crippen LogP) is 1.39. The van der Waals surface area contributed by atoms with E-state index < -0.39 is 18.9 Å². The van der Waals surface area contributed by atoms with E-state index in [2.05, 4.69) is 5.32 Å². The third kappa shape index (κ3) is 4.13. The van der Waals surface area contributed by atoms with E-state index in [1.54, 1.807) is 6.07 Å². The highest BCUT2D eigenvalue weighted by Gasteiger charge is 2.39. The van der Waals surface area contributed by atoms with Crippen molar-refractivity contribution in [3.05, 3.63) is 0 Å². The summed E-state index contributed by atoms with van der Waals surface area (Å²) in [6.45, 7) is -1.09. The van der Waals surface area contributed by atoms with E-state index in [1.165, 1.54) is 0 Å². The van der Waals surface area contributed by atoms with Gasteiger partial charge in [-0.1, -0.05) is 0 Å². The van der Waals surface area contributed by atoms with Crippen molar-refractivity contribution in [3.8, 4) is 6.07 Å². The van der Waals surface area contributed by atoms with Crippen molar-refractivity contribution in [2.75, 3.05) is 13.1 Å². The molecule has 0 aromatic heterocycles. The third-order valence-electron chi connectivity index (χ3n) is 1.09. The van der Waals surface area contributed by atoms with Crippen LogP contribution in [-0.2, 0) is 0 Å². The topological polar surface area (TPSA) is 35.8 Å². The van der Waals surface area contributed by atoms with Crippen molar-refractivity contribution in [1.82, 2.24) is 5.32 Å². The standard InChI is InChI=1S/C6H8F4N2/c7-5(8)6(9,10)4-12-3-1-2-11/h5,12H,1,3-4H2. The number of halogens is 4. The first-order valence-corrected chi connectivity index (χ1v) is 3.24. The molecule has 0 unspecified atom stereocenters. The van der Waals surface area contributed by atoms with Gasteiger partial charge in [0.15, 0.2) is 0 Å². The quantitative estimate of drug-likeness (QED) is 0.517. The Bertz CT molecular complexity index is 163. The molecule has 2 nitrogen and oxygen atoms in total. The van der Waals surface area contributed by atoms with E-state index in [0.717, 1.165) is 0 Å². The molecule has 0 spiro atoms. The Morgan fingerprint density at radius 3 is 2.42 bits per heavy atom. The summed E-state index contributed by atoms with van der Waals surface area (Å²) in [4.78, 5) is 0. The maximum Gasteiger partial charge on any atom is 0.319 e. The zero-order chi connectivity index (χ0) is 9.61. The molecule has 0 radical (unpaired) electrons. The zero-order valence-electron chi connectivity index (χ0n) is 6.16. The molecule has 6 heteroatoms. The lowest BCUT2D eigenvalue weighted by Crippen LogP contribution is -2.39. The highest BCUT2D eigenvalue weighted by atomic mass is 19.3. The molecule has 0 amide bonds. The molecule has 0 saturated carbocycles. The molecule has 0 aliphatic heterocycles. The Morgan fingerprint density at radius 2 is 2.00 bits per heavy atom. The highest BCUT2D eigenvalue weighted by Crippen LogP contribution is 2.21. The second-order valence-corrected chi connectivity index (χ2v) is 2.15. The first-order chi connectivity index (χ1) is 5.50. The normalized spacial score (nSPS) is 11.7. The summed E-state index contributed by atoms with van der Waals surface area (Å²) in [5.41, 5.74) is 0. The smallest absolute Gasteiger partial charge is 0.310 e. The molecule has 0 aliphatic rings. The summed E-state index contributed by atoms with van der Waals surface area (Å²) in [5, 5.41) is 10.0. The molecule has 0 rings (SSSR count). The van der Waals surface area contributed by atoms with Gasteiger partial charge in [0.25, 0.3) is 0 Å². The summed E-state index contributed by atoms with van der Waals surface area (Å²) in [6.07, 6.45) is -3.63. The molecular weight excluding hydrogens is 176 g/mol. The number of hydrogen-bond acceptors (Lipinski definition) is 2. The number of nitrogens with zero attached hydrogens (tertiary/aromatic N) is 1. The van der Waals surface area contributed by atoms with Crippen molar-refractivity contribution in [3.63, 3.8) is 0 Å². The Hall–Kier alpha value is -0.830. The Morgan fingerprint density at radius 1 is 1.42 bits per heavy atom. The minimum atomic E-state index is -4.00. The van der Waals surface area contributed by atoms with Gasteiger partial charge in [-0.25, -0.2) is 8.78 Å². The lowest BCUT2D eigenvalue weighted by atomic mass is 10.3. The zero-order valence-corrected chi connectivity index (χ0v) is 6.16. The van der Waals surface area contributed by atoms with Gasteiger partial charge in [0.1, 0.15) is 0 Å². The van der Waals surface area contributed by atoms with Crippen molar-refractivity contribution < 1.29 is 17.6 Å². The van der Waals surface area contributed by atoms with Crippen LogP contribution < -0.4 is 5.32 Å². The first-order valence-electron chi connectivity index (χ1n) is 3.24. The largest absolute Gasteiger partial charge is 0.319 e. The van der Waals surface area contributed by atoms with Gasteiger partial charge in [-0.15, -0.1) is 0 Å². The van der Waals surface area contributed by atoms with Crippen LogP contribution in [0.25, 0.3) is 0 Å². The molecule has 0 aliphatic carbocycles.